The standard InChI is InChI=1S/C11H15N3O5/c1-6-5-8(14-13-6)10(17)12-7(11(18)19)3-2-4-9(15)16/h5,7H,2-4H2,1H3,(H,12,17)(H,13,14)(H,15,16)(H,18,19)/t7-/m1/s1. The molecule has 0 bridgehead atoms. The molecule has 104 valence electrons. The first-order valence-corrected chi connectivity index (χ1v) is 5.67. The van der Waals surface area contributed by atoms with Gasteiger partial charge >= 0.3 is 11.9 Å². The predicted octanol–water partition coefficient (Wildman–Crippen LogP) is 0.156. The van der Waals surface area contributed by atoms with Gasteiger partial charge in [0.1, 0.15) is 11.7 Å². The van der Waals surface area contributed by atoms with E-state index < -0.39 is 23.9 Å². The number of hydrogen-bond acceptors (Lipinski definition) is 4. The van der Waals surface area contributed by atoms with E-state index in [1.165, 1.54) is 6.07 Å². The molecule has 0 aromatic carbocycles. The van der Waals surface area contributed by atoms with Gasteiger partial charge in [-0.05, 0) is 25.8 Å². The zero-order valence-corrected chi connectivity index (χ0v) is 10.3. The Hall–Kier alpha value is -2.38. The number of H-pyrrole nitrogens is 1. The van der Waals surface area contributed by atoms with Crippen LogP contribution in [0, 0.1) is 6.92 Å². The number of nitrogens with zero attached hydrogens (tertiary/aromatic N) is 1. The molecular weight excluding hydrogens is 254 g/mol. The molecule has 19 heavy (non-hydrogen) atoms. The van der Waals surface area contributed by atoms with Gasteiger partial charge < -0.3 is 15.5 Å². The first-order chi connectivity index (χ1) is 8.90. The van der Waals surface area contributed by atoms with Crippen molar-refractivity contribution in [2.24, 2.45) is 0 Å². The minimum atomic E-state index is -1.20. The summed E-state index contributed by atoms with van der Waals surface area (Å²) >= 11 is 0. The number of carbonyl (C=O) groups is 3. The number of rotatable bonds is 7. The second-order valence-corrected chi connectivity index (χ2v) is 4.09. The maximum atomic E-state index is 11.7. The average Bonchev–Trinajstić information content (AvgIpc) is 2.73. The monoisotopic (exact) mass is 269 g/mol. The van der Waals surface area contributed by atoms with Crippen molar-refractivity contribution in [1.29, 1.82) is 0 Å². The number of nitrogens with one attached hydrogen (secondary N) is 2. The van der Waals surface area contributed by atoms with Gasteiger partial charge in [0.15, 0.2) is 0 Å². The number of carboxylic acids is 2. The highest BCUT2D eigenvalue weighted by molar-refractivity contribution is 5.95. The fraction of sp³-hybridized carbons (Fsp3) is 0.455. The van der Waals surface area contributed by atoms with E-state index in [4.69, 9.17) is 10.2 Å². The second-order valence-electron chi connectivity index (χ2n) is 4.09. The topological polar surface area (TPSA) is 132 Å². The van der Waals surface area contributed by atoms with Crippen molar-refractivity contribution in [3.05, 3.63) is 17.5 Å². The molecule has 0 fully saturated rings. The molecule has 1 aromatic rings. The van der Waals surface area contributed by atoms with Crippen LogP contribution in [-0.2, 0) is 9.59 Å². The van der Waals surface area contributed by atoms with E-state index in [-0.39, 0.29) is 25.0 Å². The van der Waals surface area contributed by atoms with E-state index in [0.29, 0.717) is 5.69 Å². The van der Waals surface area contributed by atoms with Crippen LogP contribution in [0.2, 0.25) is 0 Å². The van der Waals surface area contributed by atoms with Gasteiger partial charge in [-0.3, -0.25) is 14.7 Å². The maximum absolute atomic E-state index is 11.7. The van der Waals surface area contributed by atoms with Crippen molar-refractivity contribution in [3.8, 4) is 0 Å². The van der Waals surface area contributed by atoms with Crippen LogP contribution in [0.3, 0.4) is 0 Å². The molecule has 1 rings (SSSR count). The van der Waals surface area contributed by atoms with Gasteiger partial charge in [-0.1, -0.05) is 0 Å². The lowest BCUT2D eigenvalue weighted by molar-refractivity contribution is -0.140. The van der Waals surface area contributed by atoms with Crippen molar-refractivity contribution >= 4 is 17.8 Å². The highest BCUT2D eigenvalue weighted by Gasteiger charge is 2.21. The Morgan fingerprint density at radius 2 is 2.11 bits per heavy atom. The molecule has 0 spiro atoms. The molecule has 1 amide bonds. The van der Waals surface area contributed by atoms with Crippen LogP contribution in [0.5, 0.6) is 0 Å². The summed E-state index contributed by atoms with van der Waals surface area (Å²) in [6, 6.07) is 0.370. The predicted molar refractivity (Wildman–Crippen MR) is 63.7 cm³/mol. The number of aromatic amines is 1. The van der Waals surface area contributed by atoms with Crippen LogP contribution >= 0.6 is 0 Å². The lowest BCUT2D eigenvalue weighted by Gasteiger charge is -2.12. The fourth-order valence-corrected chi connectivity index (χ4v) is 1.48. The summed E-state index contributed by atoms with van der Waals surface area (Å²) in [4.78, 5) is 33.0. The Labute approximate surface area is 108 Å². The highest BCUT2D eigenvalue weighted by Crippen LogP contribution is 2.04. The molecular formula is C11H15N3O5. The van der Waals surface area contributed by atoms with Gasteiger partial charge in [0, 0.05) is 12.1 Å². The van der Waals surface area contributed by atoms with E-state index in [2.05, 4.69) is 15.5 Å². The van der Waals surface area contributed by atoms with Crippen LogP contribution < -0.4 is 5.32 Å². The van der Waals surface area contributed by atoms with E-state index >= 15 is 0 Å². The normalized spacial score (nSPS) is 11.8. The number of aliphatic carboxylic acids is 2. The lowest BCUT2D eigenvalue weighted by Crippen LogP contribution is -2.41. The van der Waals surface area contributed by atoms with Crippen molar-refractivity contribution in [2.45, 2.75) is 32.2 Å². The van der Waals surface area contributed by atoms with Gasteiger partial charge in [-0.25, -0.2) is 4.79 Å². The summed E-state index contributed by atoms with van der Waals surface area (Å²) in [5, 5.41) is 26.0. The third kappa shape index (κ3) is 4.78. The van der Waals surface area contributed by atoms with Crippen LogP contribution in [-0.4, -0.2) is 44.3 Å². The molecule has 0 radical (unpaired) electrons. The van der Waals surface area contributed by atoms with Crippen molar-refractivity contribution < 1.29 is 24.6 Å². The minimum Gasteiger partial charge on any atom is -0.481 e. The Bertz CT molecular complexity index is 482. The maximum Gasteiger partial charge on any atom is 0.326 e. The molecule has 4 N–H and O–H groups in total. The molecule has 8 nitrogen and oxygen atoms in total. The largest absolute Gasteiger partial charge is 0.481 e. The van der Waals surface area contributed by atoms with Gasteiger partial charge in [0.05, 0.1) is 0 Å². The smallest absolute Gasteiger partial charge is 0.326 e. The molecule has 0 aliphatic carbocycles. The van der Waals surface area contributed by atoms with E-state index in [9.17, 15) is 14.4 Å². The Morgan fingerprint density at radius 3 is 2.58 bits per heavy atom. The molecule has 0 saturated carbocycles. The van der Waals surface area contributed by atoms with Gasteiger partial charge in [-0.2, -0.15) is 5.10 Å². The molecule has 0 aliphatic rings. The third-order valence-corrected chi connectivity index (χ3v) is 2.43. The molecule has 0 saturated heterocycles. The van der Waals surface area contributed by atoms with Crippen molar-refractivity contribution in [2.75, 3.05) is 0 Å². The number of carbonyl (C=O) groups excluding carboxylic acids is 1. The first kappa shape index (κ1) is 14.7. The Kier molecular flexibility index (Phi) is 5.04. The number of amides is 1. The molecule has 0 aliphatic heterocycles. The molecule has 1 heterocycles. The van der Waals surface area contributed by atoms with Crippen LogP contribution in [0.15, 0.2) is 6.07 Å². The van der Waals surface area contributed by atoms with Crippen molar-refractivity contribution in [3.63, 3.8) is 0 Å². The first-order valence-electron chi connectivity index (χ1n) is 5.67. The second kappa shape index (κ2) is 6.53. The number of carboxylic acid groups (broad SMARTS) is 2. The van der Waals surface area contributed by atoms with Crippen LogP contribution in [0.1, 0.15) is 35.4 Å². The number of aromatic nitrogens is 2. The van der Waals surface area contributed by atoms with E-state index in [1.807, 2.05) is 0 Å². The number of aryl methyl sites for hydroxylation is 1. The quantitative estimate of drug-likeness (QED) is 0.557. The van der Waals surface area contributed by atoms with Gasteiger partial charge in [-0.15, -0.1) is 0 Å². The highest BCUT2D eigenvalue weighted by atomic mass is 16.4. The summed E-state index contributed by atoms with van der Waals surface area (Å²) in [5.74, 6) is -2.81. The minimum absolute atomic E-state index is 0.0524. The van der Waals surface area contributed by atoms with Crippen molar-refractivity contribution in [1.82, 2.24) is 15.5 Å². The summed E-state index contributed by atoms with van der Waals surface area (Å²) in [6.07, 6.45) is 0.0874. The summed E-state index contributed by atoms with van der Waals surface area (Å²) in [6.45, 7) is 1.71. The summed E-state index contributed by atoms with van der Waals surface area (Å²) in [5.41, 5.74) is 0.782. The summed E-state index contributed by atoms with van der Waals surface area (Å²) in [7, 11) is 0. The summed E-state index contributed by atoms with van der Waals surface area (Å²) < 4.78 is 0. The lowest BCUT2D eigenvalue weighted by atomic mass is 10.1. The van der Waals surface area contributed by atoms with E-state index in [0.717, 1.165) is 0 Å². The van der Waals surface area contributed by atoms with Crippen LogP contribution in [0.25, 0.3) is 0 Å². The molecule has 0 unspecified atom stereocenters. The molecule has 1 atom stereocenters. The Morgan fingerprint density at radius 1 is 1.42 bits per heavy atom. The Balaban J connectivity index is 2.55. The average molecular weight is 269 g/mol. The molecule has 8 heteroatoms. The molecule has 1 aromatic heterocycles. The van der Waals surface area contributed by atoms with E-state index in [1.54, 1.807) is 6.92 Å². The number of hydrogen-bond donors (Lipinski definition) is 4. The zero-order chi connectivity index (χ0) is 14.4. The van der Waals surface area contributed by atoms with Gasteiger partial charge in [0.25, 0.3) is 5.91 Å². The fourth-order valence-electron chi connectivity index (χ4n) is 1.48. The van der Waals surface area contributed by atoms with Crippen LogP contribution in [0.4, 0.5) is 0 Å². The SMILES string of the molecule is Cc1cc(C(=O)N[C@H](CCCC(=O)O)C(=O)O)n[nH]1. The van der Waals surface area contributed by atoms with Gasteiger partial charge in [0.2, 0.25) is 0 Å². The zero-order valence-electron chi connectivity index (χ0n) is 10.3. The third-order valence-electron chi connectivity index (χ3n) is 2.43.